The van der Waals surface area contributed by atoms with Gasteiger partial charge >= 0.3 is 0 Å². The minimum absolute atomic E-state index is 0.171. The van der Waals surface area contributed by atoms with E-state index in [0.717, 1.165) is 0 Å². The van der Waals surface area contributed by atoms with Crippen LogP contribution in [0.4, 0.5) is 10.1 Å². The van der Waals surface area contributed by atoms with E-state index >= 15 is 0 Å². The molecule has 10 heteroatoms. The maximum atomic E-state index is 14.7. The number of hydrogen-bond donors (Lipinski definition) is 2. The van der Waals surface area contributed by atoms with Crippen LogP contribution in [-0.2, 0) is 27.8 Å². The van der Waals surface area contributed by atoms with Gasteiger partial charge in [0.25, 0.3) is 11.8 Å². The van der Waals surface area contributed by atoms with Crippen LogP contribution in [0, 0.1) is 5.82 Å². The fourth-order valence-corrected chi connectivity index (χ4v) is 4.18. The van der Waals surface area contributed by atoms with Crippen molar-refractivity contribution in [2.45, 2.75) is 45.1 Å². The third-order valence-corrected chi connectivity index (χ3v) is 5.87. The quantitative estimate of drug-likeness (QED) is 0.571. The molecular formula is C25H27FN4O5. The fourth-order valence-electron chi connectivity index (χ4n) is 4.18. The Morgan fingerprint density at radius 3 is 2.66 bits per heavy atom. The highest BCUT2D eigenvalue weighted by Gasteiger charge is 2.37. The summed E-state index contributed by atoms with van der Waals surface area (Å²) in [5.41, 5.74) is 1.61. The summed E-state index contributed by atoms with van der Waals surface area (Å²) < 4.78 is 24.9. The maximum Gasteiger partial charge on any atom is 0.251 e. The van der Waals surface area contributed by atoms with Gasteiger partial charge in [-0.05, 0) is 34.3 Å². The zero-order valence-electron chi connectivity index (χ0n) is 20.0. The van der Waals surface area contributed by atoms with Crippen molar-refractivity contribution in [1.82, 2.24) is 15.0 Å². The molecule has 3 aromatic rings. The average Bonchev–Trinajstić information content (AvgIpc) is 3.21. The Kier molecular flexibility index (Phi) is 6.47. The molecule has 0 spiro atoms. The van der Waals surface area contributed by atoms with Crippen LogP contribution >= 0.6 is 0 Å². The molecule has 2 N–H and O–H groups in total. The number of fused-ring (bicyclic) bond motifs is 1. The third-order valence-electron chi connectivity index (χ3n) is 5.87. The average molecular weight is 483 g/mol. The maximum absolute atomic E-state index is 14.7. The molecule has 0 radical (unpaired) electrons. The molecular weight excluding hydrogens is 455 g/mol. The Bertz CT molecular complexity index is 1270. The van der Waals surface area contributed by atoms with Crippen molar-refractivity contribution in [3.8, 4) is 11.8 Å². The summed E-state index contributed by atoms with van der Waals surface area (Å²) in [6.45, 7) is 5.94. The van der Waals surface area contributed by atoms with Gasteiger partial charge in [0, 0.05) is 36.3 Å². The van der Waals surface area contributed by atoms with Crippen molar-refractivity contribution in [3.63, 3.8) is 0 Å². The van der Waals surface area contributed by atoms with Crippen LogP contribution in [-0.4, -0.2) is 45.6 Å². The Labute approximate surface area is 201 Å². The lowest BCUT2D eigenvalue weighted by Gasteiger charge is -2.36. The largest absolute Gasteiger partial charge is 0.491 e. The van der Waals surface area contributed by atoms with Gasteiger partial charge in [0.2, 0.25) is 11.8 Å². The highest BCUT2D eigenvalue weighted by Crippen LogP contribution is 2.33. The van der Waals surface area contributed by atoms with Gasteiger partial charge in [-0.2, -0.15) is 0 Å². The monoisotopic (exact) mass is 482 g/mol. The number of methoxy groups -OCH3 is 1. The predicted octanol–water partition coefficient (Wildman–Crippen LogP) is 3.53. The molecule has 0 unspecified atom stereocenters. The molecule has 2 amide bonds. The molecule has 4 rings (SSSR count). The van der Waals surface area contributed by atoms with Crippen LogP contribution in [0.25, 0.3) is 0 Å². The fraction of sp³-hybridized carbons (Fsp3) is 0.360. The number of nitrogens with one attached hydrogen (secondary N) is 1. The summed E-state index contributed by atoms with van der Waals surface area (Å²) >= 11 is 0. The third kappa shape index (κ3) is 5.11. The van der Waals surface area contributed by atoms with Crippen molar-refractivity contribution in [2.75, 3.05) is 19.0 Å². The number of benzene rings is 1. The van der Waals surface area contributed by atoms with Gasteiger partial charge in [0.05, 0.1) is 19.2 Å². The summed E-state index contributed by atoms with van der Waals surface area (Å²) in [4.78, 5) is 32.5. The van der Waals surface area contributed by atoms with E-state index in [1.807, 2.05) is 20.8 Å². The van der Waals surface area contributed by atoms with E-state index in [2.05, 4.69) is 15.5 Å². The van der Waals surface area contributed by atoms with Crippen LogP contribution in [0.5, 0.6) is 11.8 Å². The predicted molar refractivity (Wildman–Crippen MR) is 125 cm³/mol. The van der Waals surface area contributed by atoms with Crippen LogP contribution in [0.15, 0.2) is 40.9 Å². The van der Waals surface area contributed by atoms with Gasteiger partial charge in [-0.3, -0.25) is 9.59 Å². The lowest BCUT2D eigenvalue weighted by Crippen LogP contribution is -2.46. The first kappa shape index (κ1) is 24.2. The van der Waals surface area contributed by atoms with Crippen molar-refractivity contribution < 1.29 is 28.3 Å². The number of aromatic nitrogens is 2. The van der Waals surface area contributed by atoms with Gasteiger partial charge in [-0.1, -0.05) is 26.8 Å². The zero-order chi connectivity index (χ0) is 25.3. The SMILES string of the molecule is COc1ccc2c(n1)CCN(C(=O)Cc1cc(O)no1)[C@H]2C(=O)Nc1ccc(C(C)(C)C)c(F)c1. The Morgan fingerprint density at radius 1 is 1.26 bits per heavy atom. The molecule has 3 heterocycles. The molecule has 0 fully saturated rings. The number of aromatic hydroxyl groups is 1. The van der Waals surface area contributed by atoms with E-state index in [0.29, 0.717) is 29.1 Å². The van der Waals surface area contributed by atoms with Crippen molar-refractivity contribution in [1.29, 1.82) is 0 Å². The lowest BCUT2D eigenvalue weighted by molar-refractivity contribution is -0.139. The van der Waals surface area contributed by atoms with Gasteiger partial charge in [0.15, 0.2) is 0 Å². The number of amides is 2. The number of nitrogens with zero attached hydrogens (tertiary/aromatic N) is 3. The minimum Gasteiger partial charge on any atom is -0.491 e. The number of carbonyl (C=O) groups excluding carboxylic acids is 2. The summed E-state index contributed by atoms with van der Waals surface area (Å²) in [5, 5.41) is 15.5. The number of halogens is 1. The lowest BCUT2D eigenvalue weighted by atomic mass is 9.86. The van der Waals surface area contributed by atoms with Crippen LogP contribution < -0.4 is 10.1 Å². The first-order valence-electron chi connectivity index (χ1n) is 11.2. The zero-order valence-corrected chi connectivity index (χ0v) is 20.0. The first-order valence-corrected chi connectivity index (χ1v) is 11.2. The molecule has 0 aliphatic carbocycles. The second kappa shape index (κ2) is 9.36. The molecule has 0 saturated heterocycles. The smallest absolute Gasteiger partial charge is 0.251 e. The van der Waals surface area contributed by atoms with Gasteiger partial charge in [-0.25, -0.2) is 9.37 Å². The molecule has 35 heavy (non-hydrogen) atoms. The molecule has 1 atom stereocenters. The summed E-state index contributed by atoms with van der Waals surface area (Å²) in [5.74, 6) is -1.08. The highest BCUT2D eigenvalue weighted by atomic mass is 19.1. The molecule has 0 saturated carbocycles. The van der Waals surface area contributed by atoms with E-state index in [1.165, 1.54) is 24.1 Å². The molecule has 184 valence electrons. The summed E-state index contributed by atoms with van der Waals surface area (Å²) in [6.07, 6.45) is 0.226. The van der Waals surface area contributed by atoms with Gasteiger partial charge < -0.3 is 24.6 Å². The number of ether oxygens (including phenoxy) is 1. The van der Waals surface area contributed by atoms with E-state index in [4.69, 9.17) is 9.26 Å². The molecule has 2 aromatic heterocycles. The Balaban J connectivity index is 1.65. The second-order valence-electron chi connectivity index (χ2n) is 9.39. The van der Waals surface area contributed by atoms with E-state index in [-0.39, 0.29) is 30.3 Å². The molecule has 1 aliphatic heterocycles. The van der Waals surface area contributed by atoms with E-state index in [9.17, 15) is 19.1 Å². The van der Waals surface area contributed by atoms with Crippen LogP contribution in [0.3, 0.4) is 0 Å². The topological polar surface area (TPSA) is 118 Å². The van der Waals surface area contributed by atoms with Crippen LogP contribution in [0.1, 0.15) is 49.4 Å². The second-order valence-corrected chi connectivity index (χ2v) is 9.39. The summed E-state index contributed by atoms with van der Waals surface area (Å²) in [7, 11) is 1.50. The van der Waals surface area contributed by atoms with Gasteiger partial charge in [-0.15, -0.1) is 0 Å². The van der Waals surface area contributed by atoms with Crippen molar-refractivity contribution >= 4 is 17.5 Å². The minimum atomic E-state index is -1.01. The number of hydrogen-bond acceptors (Lipinski definition) is 7. The Hall–Kier alpha value is -3.95. The normalized spacial score (nSPS) is 15.5. The van der Waals surface area contributed by atoms with E-state index < -0.39 is 29.1 Å². The molecule has 9 nitrogen and oxygen atoms in total. The number of carbonyl (C=O) groups is 2. The first-order chi connectivity index (χ1) is 16.6. The van der Waals surface area contributed by atoms with E-state index in [1.54, 1.807) is 24.3 Å². The standard InChI is InChI=1S/C25H27FN4O5/c1-25(2,3)17-7-5-14(11-18(17)26)27-24(33)23-16-6-8-21(34-4)28-19(16)9-10-30(23)22(32)13-15-12-20(31)29-35-15/h5-8,11-12,23H,9-10,13H2,1-4H3,(H,27,33)(H,29,31)/t23-/m1/s1. The molecule has 0 bridgehead atoms. The van der Waals surface area contributed by atoms with Gasteiger partial charge in [0.1, 0.15) is 17.6 Å². The van der Waals surface area contributed by atoms with Crippen LogP contribution in [0.2, 0.25) is 0 Å². The Morgan fingerprint density at radius 2 is 2.03 bits per heavy atom. The molecule has 1 aliphatic rings. The molecule has 1 aromatic carbocycles. The van der Waals surface area contributed by atoms with Crippen molar-refractivity contribution in [3.05, 3.63) is 64.8 Å². The number of pyridine rings is 1. The number of anilines is 1. The number of rotatable bonds is 5. The summed E-state index contributed by atoms with van der Waals surface area (Å²) in [6, 6.07) is 8.13. The van der Waals surface area contributed by atoms with Crippen molar-refractivity contribution in [2.24, 2.45) is 0 Å². The highest BCUT2D eigenvalue weighted by molar-refractivity contribution is 5.98.